The first-order valence-corrected chi connectivity index (χ1v) is 10.2. The number of fused-ring (bicyclic) bond motifs is 2. The van der Waals surface area contributed by atoms with Crippen molar-refractivity contribution < 1.29 is 10.2 Å². The van der Waals surface area contributed by atoms with Crippen molar-refractivity contribution in [2.24, 2.45) is 10.9 Å². The van der Waals surface area contributed by atoms with Gasteiger partial charge in [0.15, 0.2) is 0 Å². The van der Waals surface area contributed by atoms with E-state index in [1.165, 1.54) is 11.3 Å². The molecule has 0 amide bonds. The number of hydrogen-bond acceptors (Lipinski definition) is 6. The predicted molar refractivity (Wildman–Crippen MR) is 123 cm³/mol. The predicted octanol–water partition coefficient (Wildman–Crippen LogP) is 5.16. The summed E-state index contributed by atoms with van der Waals surface area (Å²) in [6.45, 7) is 1.89. The van der Waals surface area contributed by atoms with Crippen LogP contribution in [0.4, 0.5) is 0 Å². The zero-order valence-corrected chi connectivity index (χ0v) is 17.1. The van der Waals surface area contributed by atoms with Crippen molar-refractivity contribution in [1.29, 1.82) is 10.8 Å². The lowest BCUT2D eigenvalue weighted by Gasteiger charge is -2.12. The Balaban J connectivity index is 1.63. The number of aromatic hydroxyl groups is 2. The SMILES string of the molecule is CC(Cc1nc2cc(O)ccc2s1)C(=N)N=C(C=N)c1c(O)ccc2ccccc12. The van der Waals surface area contributed by atoms with Crippen molar-refractivity contribution in [3.8, 4) is 11.5 Å². The van der Waals surface area contributed by atoms with E-state index in [4.69, 9.17) is 10.8 Å². The Morgan fingerprint density at radius 1 is 1.17 bits per heavy atom. The molecule has 0 aliphatic carbocycles. The number of amidine groups is 1. The lowest BCUT2D eigenvalue weighted by atomic mass is 9.99. The first kappa shape index (κ1) is 19.7. The van der Waals surface area contributed by atoms with E-state index in [-0.39, 0.29) is 29.0 Å². The molecule has 4 rings (SSSR count). The standard InChI is InChI=1S/C23H20N4O2S/c1-13(10-21-26-17-11-15(28)7-9-20(17)30-21)23(25)27-18(12-24)22-16-5-3-2-4-14(16)6-8-19(22)29/h2-9,11-13,24-25,28-29H,10H2,1H3. The van der Waals surface area contributed by atoms with Crippen molar-refractivity contribution in [2.75, 3.05) is 0 Å². The summed E-state index contributed by atoms with van der Waals surface area (Å²) >= 11 is 1.52. The van der Waals surface area contributed by atoms with E-state index in [9.17, 15) is 10.2 Å². The fourth-order valence-electron chi connectivity index (χ4n) is 3.34. The summed E-state index contributed by atoms with van der Waals surface area (Å²) in [5, 5.41) is 38.9. The number of rotatable bonds is 5. The van der Waals surface area contributed by atoms with E-state index < -0.39 is 0 Å². The molecule has 0 saturated carbocycles. The Kier molecular flexibility index (Phi) is 5.29. The van der Waals surface area contributed by atoms with Gasteiger partial charge in [-0.25, -0.2) is 9.98 Å². The minimum Gasteiger partial charge on any atom is -0.508 e. The van der Waals surface area contributed by atoms with Crippen LogP contribution in [0.1, 0.15) is 17.5 Å². The third kappa shape index (κ3) is 3.79. The van der Waals surface area contributed by atoms with E-state index in [1.54, 1.807) is 18.2 Å². The number of thiazole rings is 1. The van der Waals surface area contributed by atoms with Crippen molar-refractivity contribution >= 4 is 50.1 Å². The van der Waals surface area contributed by atoms with E-state index >= 15 is 0 Å². The molecule has 0 aliphatic heterocycles. The molecule has 1 atom stereocenters. The quantitative estimate of drug-likeness (QED) is 0.266. The van der Waals surface area contributed by atoms with Gasteiger partial charge >= 0.3 is 0 Å². The van der Waals surface area contributed by atoms with Gasteiger partial charge < -0.3 is 15.6 Å². The van der Waals surface area contributed by atoms with Crippen molar-refractivity contribution in [3.05, 3.63) is 65.2 Å². The van der Waals surface area contributed by atoms with Crippen LogP contribution >= 0.6 is 11.3 Å². The second-order valence-corrected chi connectivity index (χ2v) is 8.19. The van der Waals surface area contributed by atoms with Crippen molar-refractivity contribution in [3.63, 3.8) is 0 Å². The minimum absolute atomic E-state index is 0.0300. The number of aliphatic imine (C=N–C) groups is 1. The average molecular weight is 417 g/mol. The van der Waals surface area contributed by atoms with Crippen molar-refractivity contribution in [1.82, 2.24) is 4.98 Å². The smallest absolute Gasteiger partial charge is 0.125 e. The van der Waals surface area contributed by atoms with Gasteiger partial charge in [0.25, 0.3) is 0 Å². The maximum Gasteiger partial charge on any atom is 0.125 e. The summed E-state index contributed by atoms with van der Waals surface area (Å²) in [6.07, 6.45) is 1.60. The highest BCUT2D eigenvalue weighted by Crippen LogP contribution is 2.29. The van der Waals surface area contributed by atoms with E-state index in [2.05, 4.69) is 9.98 Å². The summed E-state index contributed by atoms with van der Waals surface area (Å²) < 4.78 is 0.978. The van der Waals surface area contributed by atoms with Crippen LogP contribution in [0, 0.1) is 16.7 Å². The normalized spacial score (nSPS) is 12.9. The van der Waals surface area contributed by atoms with Crippen LogP contribution in [0.25, 0.3) is 21.0 Å². The molecular weight excluding hydrogens is 396 g/mol. The summed E-state index contributed by atoms with van der Waals surface area (Å²) in [4.78, 5) is 8.91. The maximum atomic E-state index is 10.4. The fraction of sp³-hybridized carbons (Fsp3) is 0.130. The molecule has 1 aromatic heterocycles. The Morgan fingerprint density at radius 2 is 1.97 bits per heavy atom. The molecule has 4 aromatic rings. The van der Waals surface area contributed by atoms with Gasteiger partial charge in [0.05, 0.1) is 26.5 Å². The molecule has 0 spiro atoms. The summed E-state index contributed by atoms with van der Waals surface area (Å²) in [6, 6.07) is 16.1. The Labute approximate surface area is 177 Å². The van der Waals surface area contributed by atoms with Crippen LogP contribution in [0.15, 0.2) is 59.6 Å². The number of phenols is 2. The number of benzene rings is 3. The van der Waals surface area contributed by atoms with Crippen LogP contribution in [-0.4, -0.2) is 33.0 Å². The first-order chi connectivity index (χ1) is 14.5. The highest BCUT2D eigenvalue weighted by Gasteiger charge is 2.17. The summed E-state index contributed by atoms with van der Waals surface area (Å²) in [5.41, 5.74) is 1.43. The molecule has 1 heterocycles. The highest BCUT2D eigenvalue weighted by atomic mass is 32.1. The minimum atomic E-state index is -0.230. The Bertz CT molecular complexity index is 1310. The fourth-order valence-corrected chi connectivity index (χ4v) is 4.42. The number of hydrogen-bond donors (Lipinski definition) is 4. The summed E-state index contributed by atoms with van der Waals surface area (Å²) in [5.74, 6) is 0.0896. The molecule has 0 fully saturated rings. The zero-order valence-electron chi connectivity index (χ0n) is 16.3. The molecule has 6 nitrogen and oxygen atoms in total. The molecule has 150 valence electrons. The molecule has 4 N–H and O–H groups in total. The molecule has 0 bridgehead atoms. The van der Waals surface area contributed by atoms with Gasteiger partial charge in [0.2, 0.25) is 0 Å². The van der Waals surface area contributed by atoms with Crippen LogP contribution in [0.5, 0.6) is 11.5 Å². The molecule has 3 aromatic carbocycles. The van der Waals surface area contributed by atoms with E-state index in [1.807, 2.05) is 43.3 Å². The second kappa shape index (κ2) is 8.04. The lowest BCUT2D eigenvalue weighted by molar-refractivity contribution is 0.475. The number of phenolic OH excluding ortho intramolecular Hbond substituents is 2. The zero-order chi connectivity index (χ0) is 21.3. The van der Waals surface area contributed by atoms with Gasteiger partial charge in [-0.15, -0.1) is 11.3 Å². The highest BCUT2D eigenvalue weighted by molar-refractivity contribution is 7.18. The molecule has 7 heteroatoms. The average Bonchev–Trinajstić information content (AvgIpc) is 3.13. The third-order valence-electron chi connectivity index (χ3n) is 4.90. The topological polar surface area (TPSA) is 113 Å². The molecule has 30 heavy (non-hydrogen) atoms. The molecule has 0 saturated heterocycles. The van der Waals surface area contributed by atoms with Gasteiger partial charge in [-0.1, -0.05) is 37.3 Å². The van der Waals surface area contributed by atoms with Crippen molar-refractivity contribution in [2.45, 2.75) is 13.3 Å². The summed E-state index contributed by atoms with van der Waals surface area (Å²) in [7, 11) is 0. The van der Waals surface area contributed by atoms with Crippen LogP contribution in [0.2, 0.25) is 0 Å². The Morgan fingerprint density at radius 3 is 2.77 bits per heavy atom. The molecule has 0 radical (unpaired) electrons. The van der Waals surface area contributed by atoms with Gasteiger partial charge in [0.1, 0.15) is 17.3 Å². The van der Waals surface area contributed by atoms with Crippen LogP contribution < -0.4 is 0 Å². The van der Waals surface area contributed by atoms with Gasteiger partial charge in [-0.05, 0) is 29.0 Å². The largest absolute Gasteiger partial charge is 0.508 e. The number of nitrogens with zero attached hydrogens (tertiary/aromatic N) is 2. The monoisotopic (exact) mass is 416 g/mol. The third-order valence-corrected chi connectivity index (χ3v) is 5.96. The van der Waals surface area contributed by atoms with Gasteiger partial charge in [-0.2, -0.15) is 0 Å². The first-order valence-electron chi connectivity index (χ1n) is 9.43. The van der Waals surface area contributed by atoms with E-state index in [0.717, 1.165) is 32.2 Å². The van der Waals surface area contributed by atoms with Crippen LogP contribution in [-0.2, 0) is 6.42 Å². The second-order valence-electron chi connectivity index (χ2n) is 7.07. The van der Waals surface area contributed by atoms with E-state index in [0.29, 0.717) is 12.0 Å². The lowest BCUT2D eigenvalue weighted by Crippen LogP contribution is -2.15. The number of nitrogens with one attached hydrogen (secondary N) is 2. The van der Waals surface area contributed by atoms with Gasteiger partial charge in [-0.3, -0.25) is 5.41 Å². The van der Waals surface area contributed by atoms with Gasteiger partial charge in [0, 0.05) is 24.6 Å². The number of aromatic nitrogens is 1. The Hall–Kier alpha value is -3.58. The molecule has 1 unspecified atom stereocenters. The maximum absolute atomic E-state index is 10.4. The molecule has 0 aliphatic rings. The van der Waals surface area contributed by atoms with Crippen LogP contribution in [0.3, 0.4) is 0 Å². The molecular formula is C23H20N4O2S.